The molecule has 0 unspecified atom stereocenters. The third-order valence-corrected chi connectivity index (χ3v) is 3.15. The van der Waals surface area contributed by atoms with Crippen molar-refractivity contribution in [2.45, 2.75) is 51.0 Å². The van der Waals surface area contributed by atoms with Gasteiger partial charge in [-0.2, -0.15) is 0 Å². The zero-order valence-electron chi connectivity index (χ0n) is 10.1. The minimum Gasteiger partial charge on any atom is -0.465 e. The van der Waals surface area contributed by atoms with Gasteiger partial charge in [0.25, 0.3) is 0 Å². The molecule has 0 radical (unpaired) electrons. The summed E-state index contributed by atoms with van der Waals surface area (Å²) >= 11 is 0. The average molecular weight is 223 g/mol. The molecule has 90 valence electrons. The van der Waals surface area contributed by atoms with Crippen LogP contribution in [-0.4, -0.2) is 24.7 Å². The molecule has 0 aromatic heterocycles. The van der Waals surface area contributed by atoms with Crippen LogP contribution in [0.1, 0.15) is 45.4 Å². The number of rotatable bonds is 4. The molecule has 1 N–H and O–H groups in total. The van der Waals surface area contributed by atoms with Crippen molar-refractivity contribution in [3.05, 3.63) is 0 Å². The van der Waals surface area contributed by atoms with Crippen LogP contribution in [0.4, 0.5) is 0 Å². The first-order chi connectivity index (χ1) is 7.75. The van der Waals surface area contributed by atoms with Crippen LogP contribution in [-0.2, 0) is 9.53 Å². The molecule has 3 heteroatoms. The van der Waals surface area contributed by atoms with E-state index in [4.69, 9.17) is 11.2 Å². The normalized spacial score (nSPS) is 19.5. The van der Waals surface area contributed by atoms with Crippen molar-refractivity contribution in [2.24, 2.45) is 0 Å². The Balaban J connectivity index is 2.72. The second kappa shape index (κ2) is 6.55. The fourth-order valence-corrected chi connectivity index (χ4v) is 2.27. The third kappa shape index (κ3) is 3.24. The van der Waals surface area contributed by atoms with Gasteiger partial charge < -0.3 is 4.74 Å². The Morgan fingerprint density at radius 2 is 2.00 bits per heavy atom. The van der Waals surface area contributed by atoms with Crippen molar-refractivity contribution in [3.63, 3.8) is 0 Å². The van der Waals surface area contributed by atoms with Crippen molar-refractivity contribution in [1.29, 1.82) is 0 Å². The fraction of sp³-hybridized carbons (Fsp3) is 0.769. The number of carbonyl (C=O) groups is 1. The van der Waals surface area contributed by atoms with Crippen LogP contribution >= 0.6 is 0 Å². The summed E-state index contributed by atoms with van der Waals surface area (Å²) < 4.78 is 5.17. The van der Waals surface area contributed by atoms with E-state index < -0.39 is 5.54 Å². The fourth-order valence-electron chi connectivity index (χ4n) is 2.27. The van der Waals surface area contributed by atoms with Crippen LogP contribution in [0.25, 0.3) is 0 Å². The monoisotopic (exact) mass is 223 g/mol. The molecule has 3 nitrogen and oxygen atoms in total. The number of terminal acetylenes is 1. The molecule has 0 saturated heterocycles. The third-order valence-electron chi connectivity index (χ3n) is 3.15. The van der Waals surface area contributed by atoms with E-state index in [-0.39, 0.29) is 5.97 Å². The van der Waals surface area contributed by atoms with Gasteiger partial charge in [0.2, 0.25) is 0 Å². The highest BCUT2D eigenvalue weighted by Crippen LogP contribution is 2.28. The molecule has 0 bridgehead atoms. The molecule has 1 rings (SSSR count). The largest absolute Gasteiger partial charge is 0.465 e. The molecule has 0 aromatic carbocycles. The smallest absolute Gasteiger partial charge is 0.326 e. The van der Waals surface area contributed by atoms with E-state index in [1.165, 1.54) is 12.8 Å². The lowest BCUT2D eigenvalue weighted by atomic mass is 9.90. The van der Waals surface area contributed by atoms with Gasteiger partial charge in [-0.15, -0.1) is 6.42 Å². The number of hydrogen-bond acceptors (Lipinski definition) is 3. The van der Waals surface area contributed by atoms with Gasteiger partial charge in [-0.3, -0.25) is 10.1 Å². The first-order valence-electron chi connectivity index (χ1n) is 6.11. The lowest BCUT2D eigenvalue weighted by Gasteiger charge is -2.30. The van der Waals surface area contributed by atoms with Crippen molar-refractivity contribution >= 4 is 5.97 Å². The van der Waals surface area contributed by atoms with Crippen molar-refractivity contribution in [2.75, 3.05) is 13.2 Å². The molecule has 1 aliphatic carbocycles. The number of nitrogens with one attached hydrogen (secondary N) is 1. The summed E-state index contributed by atoms with van der Waals surface area (Å²) in [6, 6.07) is 0. The summed E-state index contributed by atoms with van der Waals surface area (Å²) in [6.45, 7) is 2.70. The van der Waals surface area contributed by atoms with E-state index in [1.54, 1.807) is 0 Å². The predicted molar refractivity (Wildman–Crippen MR) is 63.9 cm³/mol. The molecule has 1 saturated carbocycles. The van der Waals surface area contributed by atoms with Crippen LogP contribution in [0.3, 0.4) is 0 Å². The Labute approximate surface area is 97.9 Å². The molecular formula is C13H21NO2. The van der Waals surface area contributed by atoms with E-state index >= 15 is 0 Å². The van der Waals surface area contributed by atoms with Crippen LogP contribution in [0.5, 0.6) is 0 Å². The highest BCUT2D eigenvalue weighted by atomic mass is 16.5. The number of ether oxygens (including phenoxy) is 1. The van der Waals surface area contributed by atoms with Crippen LogP contribution < -0.4 is 5.32 Å². The molecule has 1 aliphatic rings. The summed E-state index contributed by atoms with van der Waals surface area (Å²) in [5, 5.41) is 3.20. The molecule has 0 atom stereocenters. The van der Waals surface area contributed by atoms with E-state index in [0.29, 0.717) is 13.2 Å². The summed E-state index contributed by atoms with van der Waals surface area (Å²) in [7, 11) is 0. The van der Waals surface area contributed by atoms with E-state index in [0.717, 1.165) is 25.7 Å². The molecule has 16 heavy (non-hydrogen) atoms. The Morgan fingerprint density at radius 3 is 2.50 bits per heavy atom. The molecule has 0 amide bonds. The van der Waals surface area contributed by atoms with Crippen LogP contribution in [0, 0.1) is 12.3 Å². The molecular weight excluding hydrogens is 202 g/mol. The van der Waals surface area contributed by atoms with E-state index in [2.05, 4.69) is 11.2 Å². The zero-order chi connectivity index (χ0) is 11.9. The zero-order valence-corrected chi connectivity index (χ0v) is 10.1. The lowest BCUT2D eigenvalue weighted by molar-refractivity contribution is -0.151. The summed E-state index contributed by atoms with van der Waals surface area (Å²) in [4.78, 5) is 12.0. The number of carbonyl (C=O) groups excluding carboxylic acids is 1. The average Bonchev–Trinajstić information content (AvgIpc) is 2.53. The minimum atomic E-state index is -0.529. The second-order valence-corrected chi connectivity index (χ2v) is 4.27. The standard InChI is InChI=1S/C13H21NO2/c1-3-11-14-13(12(15)16-4-2)9-7-5-6-8-10-13/h1,14H,4-11H2,2H3. The first-order valence-corrected chi connectivity index (χ1v) is 6.11. The van der Waals surface area contributed by atoms with Gasteiger partial charge in [0.15, 0.2) is 0 Å². The van der Waals surface area contributed by atoms with Crippen molar-refractivity contribution in [3.8, 4) is 12.3 Å². The summed E-state index contributed by atoms with van der Waals surface area (Å²) in [5.74, 6) is 2.41. The first kappa shape index (κ1) is 13.1. The van der Waals surface area contributed by atoms with E-state index in [1.807, 2.05) is 6.92 Å². The van der Waals surface area contributed by atoms with Gasteiger partial charge in [0, 0.05) is 0 Å². The van der Waals surface area contributed by atoms with Gasteiger partial charge in [-0.05, 0) is 19.8 Å². The minimum absolute atomic E-state index is 0.132. The molecule has 0 spiro atoms. The number of esters is 1. The maximum absolute atomic E-state index is 12.0. The van der Waals surface area contributed by atoms with Gasteiger partial charge in [0.05, 0.1) is 13.2 Å². The lowest BCUT2D eigenvalue weighted by Crippen LogP contribution is -2.52. The highest BCUT2D eigenvalue weighted by molar-refractivity contribution is 5.81. The summed E-state index contributed by atoms with van der Waals surface area (Å²) in [6.07, 6.45) is 11.5. The van der Waals surface area contributed by atoms with Gasteiger partial charge in [0.1, 0.15) is 5.54 Å². The van der Waals surface area contributed by atoms with Gasteiger partial charge in [-0.25, -0.2) is 0 Å². The van der Waals surface area contributed by atoms with Crippen LogP contribution in [0.2, 0.25) is 0 Å². The maximum Gasteiger partial charge on any atom is 0.326 e. The molecule has 0 heterocycles. The quantitative estimate of drug-likeness (QED) is 0.449. The SMILES string of the molecule is C#CCNC1(C(=O)OCC)CCCCCC1. The molecule has 0 aliphatic heterocycles. The van der Waals surface area contributed by atoms with Gasteiger partial charge >= 0.3 is 5.97 Å². The Hall–Kier alpha value is -1.01. The van der Waals surface area contributed by atoms with Crippen molar-refractivity contribution < 1.29 is 9.53 Å². The van der Waals surface area contributed by atoms with E-state index in [9.17, 15) is 4.79 Å². The van der Waals surface area contributed by atoms with Crippen molar-refractivity contribution in [1.82, 2.24) is 5.32 Å². The Kier molecular flexibility index (Phi) is 5.34. The second-order valence-electron chi connectivity index (χ2n) is 4.27. The van der Waals surface area contributed by atoms with Crippen LogP contribution in [0.15, 0.2) is 0 Å². The molecule has 0 aromatic rings. The number of hydrogen-bond donors (Lipinski definition) is 1. The topological polar surface area (TPSA) is 38.3 Å². The Bertz CT molecular complexity index is 260. The predicted octanol–water partition coefficient (Wildman–Crippen LogP) is 1.87. The Morgan fingerprint density at radius 1 is 1.38 bits per heavy atom. The maximum atomic E-state index is 12.0. The molecule has 1 fully saturated rings. The highest BCUT2D eigenvalue weighted by Gasteiger charge is 2.39. The van der Waals surface area contributed by atoms with Gasteiger partial charge in [-0.1, -0.05) is 31.6 Å². The summed E-state index contributed by atoms with van der Waals surface area (Å²) in [5.41, 5.74) is -0.529.